The Kier molecular flexibility index (Phi) is 3.46. The molecule has 2 nitrogen and oxygen atoms in total. The number of carboxylic acid groups (broad SMARTS) is 1. The molecule has 0 saturated heterocycles. The summed E-state index contributed by atoms with van der Waals surface area (Å²) in [4.78, 5) is 11.1. The fourth-order valence-corrected chi connectivity index (χ4v) is 1.49. The molecule has 1 rings (SSSR count). The van der Waals surface area contributed by atoms with Gasteiger partial charge in [-0.15, -0.1) is 11.8 Å². The van der Waals surface area contributed by atoms with Gasteiger partial charge in [-0.3, -0.25) is 0 Å². The lowest BCUT2D eigenvalue weighted by Crippen LogP contribution is -1.98. The molecule has 76 valence electrons. The van der Waals surface area contributed by atoms with Crippen molar-refractivity contribution in [2.75, 3.05) is 6.26 Å². The summed E-state index contributed by atoms with van der Waals surface area (Å²) in [7, 11) is 0. The lowest BCUT2D eigenvalue weighted by molar-refractivity contribution is 0.0696. The molecule has 0 saturated carbocycles. The zero-order valence-electron chi connectivity index (χ0n) is 7.33. The Hall–Kier alpha value is -1.10. The maximum atomic E-state index is 12.3. The van der Waals surface area contributed by atoms with Crippen LogP contribution in [0, 0.1) is 0 Å². The summed E-state index contributed by atoms with van der Waals surface area (Å²) in [5.74, 6) is -1.19. The Morgan fingerprint density at radius 1 is 1.43 bits per heavy atom. The Bertz CT molecular complexity index is 353. The number of benzene rings is 1. The number of carbonyl (C=O) groups is 1. The zero-order valence-corrected chi connectivity index (χ0v) is 8.15. The molecule has 0 atom stereocenters. The third-order valence-corrected chi connectivity index (χ3v) is 2.37. The summed E-state index contributed by atoms with van der Waals surface area (Å²) in [6.45, 7) is 0. The monoisotopic (exact) mass is 218 g/mol. The van der Waals surface area contributed by atoms with Crippen molar-refractivity contribution >= 4 is 17.7 Å². The summed E-state index contributed by atoms with van der Waals surface area (Å²) >= 11 is 1.24. The van der Waals surface area contributed by atoms with Crippen molar-refractivity contribution in [3.8, 4) is 0 Å². The van der Waals surface area contributed by atoms with Gasteiger partial charge in [0.25, 0.3) is 6.43 Å². The predicted molar refractivity (Wildman–Crippen MR) is 50.1 cm³/mol. The average Bonchev–Trinajstić information content (AvgIpc) is 2.16. The first kappa shape index (κ1) is 11.0. The van der Waals surface area contributed by atoms with Gasteiger partial charge in [-0.2, -0.15) is 0 Å². The highest BCUT2D eigenvalue weighted by Gasteiger charge is 2.12. The van der Waals surface area contributed by atoms with E-state index in [4.69, 9.17) is 5.11 Å². The first-order chi connectivity index (χ1) is 6.54. The molecule has 0 radical (unpaired) electrons. The number of rotatable bonds is 3. The van der Waals surface area contributed by atoms with Crippen LogP contribution in [-0.2, 0) is 0 Å². The van der Waals surface area contributed by atoms with Gasteiger partial charge in [-0.1, -0.05) is 0 Å². The van der Waals surface area contributed by atoms with E-state index in [1.54, 1.807) is 6.26 Å². The minimum atomic E-state index is -2.64. The van der Waals surface area contributed by atoms with E-state index in [1.165, 1.54) is 23.9 Å². The first-order valence-corrected chi connectivity index (χ1v) is 4.97. The van der Waals surface area contributed by atoms with Gasteiger partial charge in [-0.25, -0.2) is 13.6 Å². The van der Waals surface area contributed by atoms with E-state index in [1.807, 2.05) is 0 Å². The summed E-state index contributed by atoms with van der Waals surface area (Å²) in [6.07, 6.45) is -0.934. The zero-order chi connectivity index (χ0) is 10.7. The molecule has 0 amide bonds. The molecular formula is C9H8F2O2S. The molecule has 0 aliphatic heterocycles. The van der Waals surface area contributed by atoms with Gasteiger partial charge in [0.15, 0.2) is 0 Å². The fraction of sp³-hybridized carbons (Fsp3) is 0.222. The minimum absolute atomic E-state index is 0.104. The number of hydrogen-bond acceptors (Lipinski definition) is 2. The van der Waals surface area contributed by atoms with Crippen molar-refractivity contribution in [2.45, 2.75) is 11.3 Å². The second kappa shape index (κ2) is 4.41. The van der Waals surface area contributed by atoms with Crippen LogP contribution >= 0.6 is 11.8 Å². The Morgan fingerprint density at radius 3 is 2.50 bits per heavy atom. The van der Waals surface area contributed by atoms with E-state index in [9.17, 15) is 13.6 Å². The SMILES string of the molecule is CSc1cc(C(=O)O)cc(C(F)F)c1. The van der Waals surface area contributed by atoms with Crippen molar-refractivity contribution in [1.82, 2.24) is 0 Å². The molecule has 0 unspecified atom stereocenters. The molecule has 0 aromatic heterocycles. The number of aromatic carboxylic acids is 1. The second-order valence-electron chi connectivity index (χ2n) is 2.60. The van der Waals surface area contributed by atoms with E-state index in [-0.39, 0.29) is 11.1 Å². The van der Waals surface area contributed by atoms with E-state index < -0.39 is 12.4 Å². The highest BCUT2D eigenvalue weighted by molar-refractivity contribution is 7.98. The topological polar surface area (TPSA) is 37.3 Å². The Labute approximate surface area is 83.9 Å². The van der Waals surface area contributed by atoms with Crippen LogP contribution in [0.15, 0.2) is 23.1 Å². The summed E-state index contributed by atoms with van der Waals surface area (Å²) in [5, 5.41) is 8.66. The van der Waals surface area contributed by atoms with Crippen LogP contribution in [0.2, 0.25) is 0 Å². The van der Waals surface area contributed by atoms with Gasteiger partial charge in [0.05, 0.1) is 5.56 Å². The largest absolute Gasteiger partial charge is 0.478 e. The summed E-state index contributed by atoms with van der Waals surface area (Å²) < 4.78 is 24.6. The van der Waals surface area contributed by atoms with Crippen LogP contribution in [0.4, 0.5) is 8.78 Å². The summed E-state index contributed by atoms with van der Waals surface area (Å²) in [5.41, 5.74) is -0.360. The van der Waals surface area contributed by atoms with E-state index in [0.717, 1.165) is 6.07 Å². The molecule has 1 N–H and O–H groups in total. The van der Waals surface area contributed by atoms with Gasteiger partial charge < -0.3 is 5.11 Å². The lowest BCUT2D eigenvalue weighted by atomic mass is 10.1. The maximum absolute atomic E-state index is 12.3. The van der Waals surface area contributed by atoms with Crippen LogP contribution in [0.25, 0.3) is 0 Å². The highest BCUT2D eigenvalue weighted by atomic mass is 32.2. The number of hydrogen-bond donors (Lipinski definition) is 1. The van der Waals surface area contributed by atoms with Crippen LogP contribution in [0.1, 0.15) is 22.3 Å². The molecule has 0 aliphatic carbocycles. The molecule has 1 aromatic rings. The Morgan fingerprint density at radius 2 is 2.07 bits per heavy atom. The second-order valence-corrected chi connectivity index (χ2v) is 3.48. The van der Waals surface area contributed by atoms with Crippen LogP contribution in [-0.4, -0.2) is 17.3 Å². The van der Waals surface area contributed by atoms with Crippen LogP contribution < -0.4 is 0 Å². The fourth-order valence-electron chi connectivity index (χ4n) is 0.989. The maximum Gasteiger partial charge on any atom is 0.335 e. The number of halogens is 2. The van der Waals surface area contributed by atoms with Crippen molar-refractivity contribution in [1.29, 1.82) is 0 Å². The molecule has 0 aliphatic rings. The average molecular weight is 218 g/mol. The van der Waals surface area contributed by atoms with Gasteiger partial charge in [0.2, 0.25) is 0 Å². The van der Waals surface area contributed by atoms with E-state index in [0.29, 0.717) is 4.90 Å². The number of carboxylic acids is 1. The highest BCUT2D eigenvalue weighted by Crippen LogP contribution is 2.25. The smallest absolute Gasteiger partial charge is 0.335 e. The van der Waals surface area contributed by atoms with Gasteiger partial charge in [0, 0.05) is 10.5 Å². The van der Waals surface area contributed by atoms with Gasteiger partial charge in [-0.05, 0) is 24.5 Å². The molecule has 0 fully saturated rings. The van der Waals surface area contributed by atoms with E-state index >= 15 is 0 Å². The minimum Gasteiger partial charge on any atom is -0.478 e. The number of alkyl halides is 2. The number of thioether (sulfide) groups is 1. The van der Waals surface area contributed by atoms with Gasteiger partial charge >= 0.3 is 5.97 Å². The normalized spacial score (nSPS) is 10.6. The standard InChI is InChI=1S/C9H8F2O2S/c1-14-7-3-5(8(10)11)2-6(4-7)9(12)13/h2-4,8H,1H3,(H,12,13). The van der Waals surface area contributed by atoms with Gasteiger partial charge in [0.1, 0.15) is 0 Å². The summed E-state index contributed by atoms with van der Waals surface area (Å²) in [6, 6.07) is 3.66. The third kappa shape index (κ3) is 2.45. The van der Waals surface area contributed by atoms with Crippen molar-refractivity contribution in [2.24, 2.45) is 0 Å². The molecule has 5 heteroatoms. The van der Waals surface area contributed by atoms with Crippen molar-refractivity contribution in [3.05, 3.63) is 29.3 Å². The van der Waals surface area contributed by atoms with Crippen molar-refractivity contribution < 1.29 is 18.7 Å². The van der Waals surface area contributed by atoms with Crippen LogP contribution in [0.3, 0.4) is 0 Å². The predicted octanol–water partition coefficient (Wildman–Crippen LogP) is 3.04. The quantitative estimate of drug-likeness (QED) is 0.792. The lowest BCUT2D eigenvalue weighted by Gasteiger charge is -2.04. The van der Waals surface area contributed by atoms with E-state index in [2.05, 4.69) is 0 Å². The van der Waals surface area contributed by atoms with Crippen LogP contribution in [0.5, 0.6) is 0 Å². The van der Waals surface area contributed by atoms with Crippen molar-refractivity contribution in [3.63, 3.8) is 0 Å². The molecule has 0 bridgehead atoms. The molecule has 0 spiro atoms. The third-order valence-electron chi connectivity index (χ3n) is 1.66. The first-order valence-electron chi connectivity index (χ1n) is 3.75. The molecule has 1 aromatic carbocycles. The Balaban J connectivity index is 3.20. The molecule has 0 heterocycles. The molecular weight excluding hydrogens is 210 g/mol. The molecule has 14 heavy (non-hydrogen) atoms.